The Balaban J connectivity index is 1.78. The third-order valence-electron chi connectivity index (χ3n) is 3.37. The molecule has 0 amide bonds. The zero-order valence-corrected chi connectivity index (χ0v) is 15.9. The van der Waals surface area contributed by atoms with E-state index in [1.165, 1.54) is 21.2 Å². The molecule has 3 aromatic rings. The van der Waals surface area contributed by atoms with E-state index in [-0.39, 0.29) is 11.4 Å². The Morgan fingerprint density at radius 3 is 2.88 bits per heavy atom. The van der Waals surface area contributed by atoms with Gasteiger partial charge in [-0.05, 0) is 29.6 Å². The first-order chi connectivity index (χ1) is 12.1. The quantitative estimate of drug-likeness (QED) is 0.639. The van der Waals surface area contributed by atoms with Crippen molar-refractivity contribution in [1.29, 1.82) is 0 Å². The fraction of sp³-hybridized carbons (Fsp3) is 0.188. The van der Waals surface area contributed by atoms with E-state index in [1.54, 1.807) is 43.7 Å². The van der Waals surface area contributed by atoms with Gasteiger partial charge in [-0.15, -0.1) is 21.5 Å². The highest BCUT2D eigenvalue weighted by molar-refractivity contribution is 7.98. The Morgan fingerprint density at radius 2 is 2.20 bits per heavy atom. The summed E-state index contributed by atoms with van der Waals surface area (Å²) in [6.07, 6.45) is 0. The molecule has 2 heterocycles. The summed E-state index contributed by atoms with van der Waals surface area (Å²) >= 11 is 9.24. The van der Waals surface area contributed by atoms with Gasteiger partial charge in [0.2, 0.25) is 5.82 Å². The van der Waals surface area contributed by atoms with E-state index >= 15 is 0 Å². The summed E-state index contributed by atoms with van der Waals surface area (Å²) in [6, 6.07) is 9.19. The highest BCUT2D eigenvalue weighted by atomic mass is 35.5. The van der Waals surface area contributed by atoms with Crippen molar-refractivity contribution in [2.75, 3.05) is 12.4 Å². The molecule has 0 aliphatic carbocycles. The zero-order chi connectivity index (χ0) is 17.8. The molecule has 0 atom stereocenters. The van der Waals surface area contributed by atoms with Crippen LogP contribution >= 0.6 is 34.7 Å². The normalized spacial score (nSPS) is 10.7. The summed E-state index contributed by atoms with van der Waals surface area (Å²) in [4.78, 5) is 13.7. The molecule has 0 saturated carbocycles. The van der Waals surface area contributed by atoms with Gasteiger partial charge in [0, 0.05) is 23.4 Å². The van der Waals surface area contributed by atoms with Crippen LogP contribution in [0.2, 0.25) is 5.02 Å². The lowest BCUT2D eigenvalue weighted by Crippen LogP contribution is -2.24. The first kappa shape index (κ1) is 17.8. The van der Waals surface area contributed by atoms with Crippen molar-refractivity contribution < 1.29 is 4.74 Å². The summed E-state index contributed by atoms with van der Waals surface area (Å²) in [5.41, 5.74) is 0.381. The molecule has 3 rings (SSSR count). The molecule has 0 spiro atoms. The predicted octanol–water partition coefficient (Wildman–Crippen LogP) is 3.93. The molecule has 0 fully saturated rings. The van der Waals surface area contributed by atoms with Gasteiger partial charge < -0.3 is 10.1 Å². The Kier molecular flexibility index (Phi) is 5.62. The van der Waals surface area contributed by atoms with Crippen LogP contribution in [0.4, 0.5) is 11.5 Å². The Bertz CT molecular complexity index is 928. The second-order valence-corrected chi connectivity index (χ2v) is 7.42. The molecule has 25 heavy (non-hydrogen) atoms. The SMILES string of the molecule is COc1ccc(Nc2nnc(SCc3cccs3)n(C)c2=O)cc1Cl. The molecule has 0 bridgehead atoms. The second-order valence-electron chi connectivity index (χ2n) is 5.04. The summed E-state index contributed by atoms with van der Waals surface area (Å²) < 4.78 is 6.60. The molecule has 2 aromatic heterocycles. The van der Waals surface area contributed by atoms with Crippen molar-refractivity contribution in [1.82, 2.24) is 14.8 Å². The standard InChI is InChI=1S/C16H15ClN4O2S2/c1-21-15(22)14(18-10-5-6-13(23-2)12(17)8-10)19-20-16(21)25-9-11-4-3-7-24-11/h3-8H,9H2,1-2H3,(H,18,19). The molecular formula is C16H15ClN4O2S2. The van der Waals surface area contributed by atoms with Gasteiger partial charge in [-0.1, -0.05) is 29.4 Å². The van der Waals surface area contributed by atoms with Crippen LogP contribution in [0.25, 0.3) is 0 Å². The van der Waals surface area contributed by atoms with E-state index in [4.69, 9.17) is 16.3 Å². The Hall–Kier alpha value is -2.03. The number of anilines is 2. The number of thioether (sulfide) groups is 1. The van der Waals surface area contributed by atoms with E-state index in [9.17, 15) is 4.79 Å². The van der Waals surface area contributed by atoms with Gasteiger partial charge in [-0.3, -0.25) is 9.36 Å². The van der Waals surface area contributed by atoms with Crippen molar-refractivity contribution in [3.05, 3.63) is 56.0 Å². The van der Waals surface area contributed by atoms with Gasteiger partial charge in [-0.25, -0.2) is 0 Å². The number of halogens is 1. The number of nitrogens with one attached hydrogen (secondary N) is 1. The minimum atomic E-state index is -0.254. The number of hydrogen-bond acceptors (Lipinski definition) is 7. The van der Waals surface area contributed by atoms with Crippen LogP contribution in [0.3, 0.4) is 0 Å². The van der Waals surface area contributed by atoms with Crippen molar-refractivity contribution in [3.8, 4) is 5.75 Å². The minimum Gasteiger partial charge on any atom is -0.495 e. The second kappa shape index (κ2) is 7.90. The average Bonchev–Trinajstić information content (AvgIpc) is 3.12. The third kappa shape index (κ3) is 4.15. The van der Waals surface area contributed by atoms with E-state index in [2.05, 4.69) is 15.5 Å². The lowest BCUT2D eigenvalue weighted by Gasteiger charge is -2.10. The summed E-state index contributed by atoms with van der Waals surface area (Å²) in [5, 5.41) is 14.2. The molecule has 0 unspecified atom stereocenters. The van der Waals surface area contributed by atoms with Gasteiger partial charge in [0.15, 0.2) is 5.16 Å². The summed E-state index contributed by atoms with van der Waals surface area (Å²) in [6.45, 7) is 0. The number of rotatable bonds is 6. The van der Waals surface area contributed by atoms with Crippen LogP contribution in [0.1, 0.15) is 4.88 Å². The topological polar surface area (TPSA) is 69.0 Å². The van der Waals surface area contributed by atoms with Crippen molar-refractivity contribution in [2.24, 2.45) is 7.05 Å². The van der Waals surface area contributed by atoms with Gasteiger partial charge in [0.1, 0.15) is 5.75 Å². The van der Waals surface area contributed by atoms with Gasteiger partial charge in [-0.2, -0.15) is 0 Å². The van der Waals surface area contributed by atoms with Crippen molar-refractivity contribution in [3.63, 3.8) is 0 Å². The Labute approximate surface area is 157 Å². The van der Waals surface area contributed by atoms with Crippen molar-refractivity contribution >= 4 is 46.2 Å². The number of methoxy groups -OCH3 is 1. The smallest absolute Gasteiger partial charge is 0.297 e. The molecule has 0 saturated heterocycles. The molecule has 0 aliphatic heterocycles. The average molecular weight is 395 g/mol. The van der Waals surface area contributed by atoms with Crippen LogP contribution in [-0.4, -0.2) is 21.9 Å². The molecule has 9 heteroatoms. The van der Waals surface area contributed by atoms with Crippen LogP contribution in [0.15, 0.2) is 45.7 Å². The molecule has 1 aromatic carbocycles. The van der Waals surface area contributed by atoms with E-state index < -0.39 is 0 Å². The molecule has 0 radical (unpaired) electrons. The molecule has 6 nitrogen and oxygen atoms in total. The fourth-order valence-corrected chi connectivity index (χ4v) is 4.00. The summed E-state index contributed by atoms with van der Waals surface area (Å²) in [7, 11) is 3.22. The van der Waals surface area contributed by atoms with Crippen LogP contribution < -0.4 is 15.6 Å². The number of ether oxygens (including phenoxy) is 1. The van der Waals surface area contributed by atoms with E-state index in [1.807, 2.05) is 17.5 Å². The number of thiophene rings is 1. The maximum Gasteiger partial charge on any atom is 0.297 e. The lowest BCUT2D eigenvalue weighted by atomic mass is 10.3. The number of benzene rings is 1. The fourth-order valence-electron chi connectivity index (χ4n) is 2.06. The number of aromatic nitrogens is 3. The number of nitrogens with zero attached hydrogens (tertiary/aromatic N) is 3. The first-order valence-corrected chi connectivity index (χ1v) is 9.52. The van der Waals surface area contributed by atoms with Gasteiger partial charge in [0.25, 0.3) is 5.56 Å². The maximum absolute atomic E-state index is 12.5. The highest BCUT2D eigenvalue weighted by Gasteiger charge is 2.11. The van der Waals surface area contributed by atoms with Gasteiger partial charge in [0.05, 0.1) is 12.1 Å². The van der Waals surface area contributed by atoms with E-state index in [0.717, 1.165) is 5.75 Å². The monoisotopic (exact) mass is 394 g/mol. The largest absolute Gasteiger partial charge is 0.495 e. The molecule has 130 valence electrons. The maximum atomic E-state index is 12.5. The van der Waals surface area contributed by atoms with Crippen LogP contribution in [0, 0.1) is 0 Å². The summed E-state index contributed by atoms with van der Waals surface area (Å²) in [5.74, 6) is 1.45. The zero-order valence-electron chi connectivity index (χ0n) is 13.5. The highest BCUT2D eigenvalue weighted by Crippen LogP contribution is 2.28. The van der Waals surface area contributed by atoms with Crippen LogP contribution in [-0.2, 0) is 12.8 Å². The van der Waals surface area contributed by atoms with Gasteiger partial charge >= 0.3 is 0 Å². The minimum absolute atomic E-state index is 0.143. The molecule has 0 aliphatic rings. The Morgan fingerprint density at radius 1 is 1.36 bits per heavy atom. The van der Waals surface area contributed by atoms with Crippen molar-refractivity contribution in [2.45, 2.75) is 10.9 Å². The number of hydrogen-bond donors (Lipinski definition) is 1. The third-order valence-corrected chi connectivity index (χ3v) is 5.79. The van der Waals surface area contributed by atoms with E-state index in [0.29, 0.717) is 21.6 Å². The predicted molar refractivity (Wildman–Crippen MR) is 102 cm³/mol. The molecular weight excluding hydrogens is 380 g/mol. The van der Waals surface area contributed by atoms with Crippen LogP contribution in [0.5, 0.6) is 5.75 Å². The molecule has 1 N–H and O–H groups in total. The lowest BCUT2D eigenvalue weighted by molar-refractivity contribution is 0.415. The first-order valence-electron chi connectivity index (χ1n) is 7.28.